The molecule has 0 spiro atoms. The van der Waals surface area contributed by atoms with Crippen molar-refractivity contribution in [3.05, 3.63) is 35.6 Å². The minimum atomic E-state index is -0.203. The molecule has 1 aromatic carbocycles. The highest BCUT2D eigenvalue weighted by atomic mass is 19.1. The molecule has 1 aromatic rings. The molecule has 0 amide bonds. The van der Waals surface area contributed by atoms with E-state index in [1.807, 2.05) is 6.07 Å². The van der Waals surface area contributed by atoms with Gasteiger partial charge in [0.05, 0.1) is 13.2 Å². The van der Waals surface area contributed by atoms with Crippen molar-refractivity contribution in [2.75, 3.05) is 33.4 Å². The van der Waals surface area contributed by atoms with Gasteiger partial charge in [0.2, 0.25) is 0 Å². The minimum absolute atomic E-state index is 0.203. The molecule has 0 fully saturated rings. The lowest BCUT2D eigenvalue weighted by Crippen LogP contribution is -2.21. The van der Waals surface area contributed by atoms with Gasteiger partial charge in [0.25, 0.3) is 0 Å². The summed E-state index contributed by atoms with van der Waals surface area (Å²) >= 11 is 0. The summed E-state index contributed by atoms with van der Waals surface area (Å²) in [6.45, 7) is 3.43. The fourth-order valence-corrected chi connectivity index (χ4v) is 1.40. The van der Waals surface area contributed by atoms with Crippen molar-refractivity contribution in [1.29, 1.82) is 0 Å². The first-order chi connectivity index (χ1) is 8.34. The number of hydrogen-bond acceptors (Lipinski definition) is 3. The van der Waals surface area contributed by atoms with Gasteiger partial charge < -0.3 is 14.8 Å². The highest BCUT2D eigenvalue weighted by Gasteiger charge is 1.99. The first-order valence-electron chi connectivity index (χ1n) is 5.85. The van der Waals surface area contributed by atoms with E-state index in [9.17, 15) is 4.39 Å². The monoisotopic (exact) mass is 241 g/mol. The van der Waals surface area contributed by atoms with Crippen molar-refractivity contribution < 1.29 is 13.9 Å². The van der Waals surface area contributed by atoms with E-state index in [2.05, 4.69) is 5.32 Å². The molecule has 4 heteroatoms. The third-order valence-corrected chi connectivity index (χ3v) is 2.34. The number of hydrogen-bond donors (Lipinski definition) is 1. The molecule has 17 heavy (non-hydrogen) atoms. The smallest absolute Gasteiger partial charge is 0.128 e. The first-order valence-corrected chi connectivity index (χ1v) is 5.85. The summed E-state index contributed by atoms with van der Waals surface area (Å²) in [4.78, 5) is 0. The maximum atomic E-state index is 13.2. The van der Waals surface area contributed by atoms with Crippen LogP contribution in [0.3, 0.4) is 0 Å². The predicted octanol–water partition coefficient (Wildman–Crippen LogP) is 1.97. The molecule has 3 nitrogen and oxygen atoms in total. The Morgan fingerprint density at radius 3 is 2.76 bits per heavy atom. The molecule has 0 radical (unpaired) electrons. The number of nitrogens with one attached hydrogen (secondary N) is 1. The number of rotatable bonds is 9. The Morgan fingerprint density at radius 2 is 2.00 bits per heavy atom. The summed E-state index contributed by atoms with van der Waals surface area (Å²) in [6.07, 6.45) is 0.915. The minimum Gasteiger partial charge on any atom is -0.383 e. The van der Waals surface area contributed by atoms with Gasteiger partial charge in [-0.3, -0.25) is 0 Å². The van der Waals surface area contributed by atoms with Gasteiger partial charge in [0.1, 0.15) is 5.82 Å². The molecule has 0 unspecified atom stereocenters. The molecular formula is C13H20FNO2. The molecule has 0 saturated carbocycles. The molecule has 0 aliphatic carbocycles. The van der Waals surface area contributed by atoms with E-state index in [0.29, 0.717) is 18.8 Å². The van der Waals surface area contributed by atoms with E-state index in [0.717, 1.165) is 26.1 Å². The van der Waals surface area contributed by atoms with E-state index in [4.69, 9.17) is 9.47 Å². The molecule has 1 rings (SSSR count). The largest absolute Gasteiger partial charge is 0.383 e. The van der Waals surface area contributed by atoms with Crippen molar-refractivity contribution in [3.8, 4) is 0 Å². The normalized spacial score (nSPS) is 10.7. The van der Waals surface area contributed by atoms with Gasteiger partial charge >= 0.3 is 0 Å². The van der Waals surface area contributed by atoms with E-state index >= 15 is 0 Å². The van der Waals surface area contributed by atoms with Gasteiger partial charge in [-0.2, -0.15) is 0 Å². The molecule has 1 N–H and O–H groups in total. The second kappa shape index (κ2) is 9.10. The average molecular weight is 241 g/mol. The van der Waals surface area contributed by atoms with Crippen molar-refractivity contribution in [3.63, 3.8) is 0 Å². The van der Waals surface area contributed by atoms with Crippen LogP contribution in [-0.4, -0.2) is 33.4 Å². The van der Waals surface area contributed by atoms with Gasteiger partial charge in [-0.15, -0.1) is 0 Å². The van der Waals surface area contributed by atoms with Crippen LogP contribution in [0.5, 0.6) is 0 Å². The highest BCUT2D eigenvalue weighted by Crippen LogP contribution is 2.07. The summed E-state index contributed by atoms with van der Waals surface area (Å²) in [7, 11) is 1.68. The first kappa shape index (κ1) is 14.1. The zero-order chi connectivity index (χ0) is 12.3. The lowest BCUT2D eigenvalue weighted by Gasteiger charge is -2.06. The molecule has 0 bridgehead atoms. The number of ether oxygens (including phenoxy) is 2. The van der Waals surface area contributed by atoms with Gasteiger partial charge in [-0.05, 0) is 19.0 Å². The molecule has 0 aliphatic rings. The van der Waals surface area contributed by atoms with Crippen molar-refractivity contribution >= 4 is 0 Å². The lowest BCUT2D eigenvalue weighted by atomic mass is 10.2. The third-order valence-electron chi connectivity index (χ3n) is 2.34. The summed E-state index contributed by atoms with van der Waals surface area (Å²) in [5.41, 5.74) is 0.611. The molecule has 0 saturated heterocycles. The molecule has 96 valence electrons. The fourth-order valence-electron chi connectivity index (χ4n) is 1.40. The van der Waals surface area contributed by atoms with Crippen LogP contribution >= 0.6 is 0 Å². The van der Waals surface area contributed by atoms with Crippen molar-refractivity contribution in [2.45, 2.75) is 13.0 Å². The number of benzene rings is 1. The van der Waals surface area contributed by atoms with Gasteiger partial charge in [-0.25, -0.2) is 4.39 Å². The van der Waals surface area contributed by atoms with Gasteiger partial charge in [0, 0.05) is 25.8 Å². The van der Waals surface area contributed by atoms with Crippen LogP contribution in [0.2, 0.25) is 0 Å². The van der Waals surface area contributed by atoms with E-state index in [1.165, 1.54) is 6.07 Å². The van der Waals surface area contributed by atoms with Crippen molar-refractivity contribution in [1.82, 2.24) is 5.32 Å². The van der Waals surface area contributed by atoms with Crippen LogP contribution < -0.4 is 5.32 Å². The Balaban J connectivity index is 1.99. The fraction of sp³-hybridized carbons (Fsp3) is 0.538. The summed E-state index contributed by atoms with van der Waals surface area (Å²) in [5, 5.41) is 3.22. The standard InChI is InChI=1S/C13H20FNO2/c1-16-10-8-15-7-4-9-17-11-12-5-2-3-6-13(12)14/h2-3,5-6,15H,4,7-11H2,1H3. The average Bonchev–Trinajstić information content (AvgIpc) is 2.35. The van der Waals surface area contributed by atoms with Crippen LogP contribution in [0.15, 0.2) is 24.3 Å². The van der Waals surface area contributed by atoms with Crippen LogP contribution in [0.1, 0.15) is 12.0 Å². The second-order valence-electron chi connectivity index (χ2n) is 3.74. The Hall–Kier alpha value is -0.970. The quantitative estimate of drug-likeness (QED) is 0.670. The van der Waals surface area contributed by atoms with E-state index in [1.54, 1.807) is 19.2 Å². The zero-order valence-electron chi connectivity index (χ0n) is 10.2. The molecule has 0 heterocycles. The lowest BCUT2D eigenvalue weighted by molar-refractivity contribution is 0.115. The summed E-state index contributed by atoms with van der Waals surface area (Å²) < 4.78 is 23.5. The Bertz CT molecular complexity index is 307. The van der Waals surface area contributed by atoms with Crippen LogP contribution in [0.4, 0.5) is 4.39 Å². The molecular weight excluding hydrogens is 221 g/mol. The number of methoxy groups -OCH3 is 1. The molecule has 0 aliphatic heterocycles. The maximum Gasteiger partial charge on any atom is 0.128 e. The maximum absolute atomic E-state index is 13.2. The Labute approximate surface area is 102 Å². The van der Waals surface area contributed by atoms with E-state index in [-0.39, 0.29) is 5.82 Å². The topological polar surface area (TPSA) is 30.5 Å². The van der Waals surface area contributed by atoms with Crippen molar-refractivity contribution in [2.24, 2.45) is 0 Å². The zero-order valence-corrected chi connectivity index (χ0v) is 10.2. The number of halogens is 1. The molecule has 0 atom stereocenters. The van der Waals surface area contributed by atoms with E-state index < -0.39 is 0 Å². The third kappa shape index (κ3) is 6.36. The second-order valence-corrected chi connectivity index (χ2v) is 3.74. The van der Waals surface area contributed by atoms with Crippen LogP contribution in [0, 0.1) is 5.82 Å². The SMILES string of the molecule is COCCNCCCOCc1ccccc1F. The predicted molar refractivity (Wildman–Crippen MR) is 65.4 cm³/mol. The van der Waals surface area contributed by atoms with Gasteiger partial charge in [0.15, 0.2) is 0 Å². The molecule has 0 aromatic heterocycles. The highest BCUT2D eigenvalue weighted by molar-refractivity contribution is 5.16. The summed E-state index contributed by atoms with van der Waals surface area (Å²) in [6, 6.07) is 6.68. The van der Waals surface area contributed by atoms with Crippen LogP contribution in [0.25, 0.3) is 0 Å². The van der Waals surface area contributed by atoms with Crippen LogP contribution in [-0.2, 0) is 16.1 Å². The Kier molecular flexibility index (Phi) is 7.54. The Morgan fingerprint density at radius 1 is 1.18 bits per heavy atom. The summed E-state index contributed by atoms with van der Waals surface area (Å²) in [5.74, 6) is -0.203. The van der Waals surface area contributed by atoms with Gasteiger partial charge in [-0.1, -0.05) is 18.2 Å².